The lowest BCUT2D eigenvalue weighted by molar-refractivity contribution is -0.132. The van der Waals surface area contributed by atoms with Crippen LogP contribution in [0.15, 0.2) is 0 Å². The van der Waals surface area contributed by atoms with E-state index in [2.05, 4.69) is 6.92 Å². The molecule has 0 radical (unpaired) electrons. The second-order valence-electron chi connectivity index (χ2n) is 8.99. The Balaban J connectivity index is 4.30. The molecule has 8 heteroatoms. The summed E-state index contributed by atoms with van der Waals surface area (Å²) in [6.07, 6.45) is 8.08. The Bertz CT molecular complexity index is 460. The second-order valence-corrected chi connectivity index (χ2v) is 8.99. The highest BCUT2D eigenvalue weighted by molar-refractivity contribution is 5.76. The van der Waals surface area contributed by atoms with Gasteiger partial charge in [-0.25, -0.2) is 0 Å². The molecule has 0 aromatic rings. The lowest BCUT2D eigenvalue weighted by Crippen LogP contribution is -2.38. The van der Waals surface area contributed by atoms with Gasteiger partial charge in [-0.15, -0.1) is 0 Å². The van der Waals surface area contributed by atoms with Crippen LogP contribution in [-0.2, 0) is 14.3 Å². The summed E-state index contributed by atoms with van der Waals surface area (Å²) in [5, 5.41) is 39.4. The highest BCUT2D eigenvalue weighted by Gasteiger charge is 2.27. The summed E-state index contributed by atoms with van der Waals surface area (Å²) in [5.41, 5.74) is 0. The van der Waals surface area contributed by atoms with E-state index in [4.69, 9.17) is 19.7 Å². The Kier molecular flexibility index (Phi) is 22.2. The molecule has 204 valence electrons. The molecule has 0 rings (SSSR count). The Labute approximate surface area is 207 Å². The van der Waals surface area contributed by atoms with Gasteiger partial charge in [0, 0.05) is 39.1 Å². The van der Waals surface area contributed by atoms with E-state index in [-0.39, 0.29) is 50.8 Å². The standard InChI is InChI=1S/C26H53NO7/c1-4-7-11-14-24(33-5-2)22(30)21-23(31)25(34-6-3)15-12-9-8-10-13-16-26(32)27(17-19-28)18-20-29/h22-25,28-31H,4-21H2,1-3H3. The van der Waals surface area contributed by atoms with Gasteiger partial charge in [0.05, 0.1) is 37.6 Å². The molecule has 1 amide bonds. The molecule has 4 atom stereocenters. The summed E-state index contributed by atoms with van der Waals surface area (Å²) in [7, 11) is 0. The fourth-order valence-corrected chi connectivity index (χ4v) is 4.26. The van der Waals surface area contributed by atoms with Gasteiger partial charge >= 0.3 is 0 Å². The molecule has 4 N–H and O–H groups in total. The minimum atomic E-state index is -0.731. The van der Waals surface area contributed by atoms with Crippen molar-refractivity contribution in [2.45, 2.75) is 122 Å². The van der Waals surface area contributed by atoms with Crippen molar-refractivity contribution in [1.82, 2.24) is 4.90 Å². The Morgan fingerprint density at radius 3 is 1.68 bits per heavy atom. The molecule has 0 aromatic heterocycles. The van der Waals surface area contributed by atoms with Gasteiger partial charge in [-0.1, -0.05) is 51.9 Å². The van der Waals surface area contributed by atoms with Gasteiger partial charge in [0.2, 0.25) is 5.91 Å². The summed E-state index contributed by atoms with van der Waals surface area (Å²) in [5.74, 6) is -0.0266. The fraction of sp³-hybridized carbons (Fsp3) is 0.962. The smallest absolute Gasteiger partial charge is 0.222 e. The average Bonchev–Trinajstić information content (AvgIpc) is 2.81. The Morgan fingerprint density at radius 1 is 0.735 bits per heavy atom. The van der Waals surface area contributed by atoms with Crippen LogP contribution >= 0.6 is 0 Å². The van der Waals surface area contributed by atoms with Crippen LogP contribution < -0.4 is 0 Å². The number of ether oxygens (including phenoxy) is 2. The van der Waals surface area contributed by atoms with Crippen molar-refractivity contribution in [3.05, 3.63) is 0 Å². The number of aliphatic hydroxyl groups excluding tert-OH is 4. The normalized spacial score (nSPS) is 15.1. The maximum atomic E-state index is 12.1. The molecule has 0 aliphatic carbocycles. The molecule has 34 heavy (non-hydrogen) atoms. The molecule has 0 saturated heterocycles. The van der Waals surface area contributed by atoms with Crippen LogP contribution in [0.1, 0.15) is 97.8 Å². The van der Waals surface area contributed by atoms with Crippen LogP contribution in [0.5, 0.6) is 0 Å². The number of carbonyl (C=O) groups is 1. The van der Waals surface area contributed by atoms with Crippen LogP contribution in [0, 0.1) is 0 Å². The van der Waals surface area contributed by atoms with Crippen molar-refractivity contribution in [3.8, 4) is 0 Å². The first-order valence-electron chi connectivity index (χ1n) is 13.5. The maximum absolute atomic E-state index is 12.1. The number of nitrogens with zero attached hydrogens (tertiary/aromatic N) is 1. The molecule has 0 saturated carbocycles. The van der Waals surface area contributed by atoms with Gasteiger partial charge < -0.3 is 34.8 Å². The Hall–Kier alpha value is -0.770. The summed E-state index contributed by atoms with van der Waals surface area (Å²) in [6.45, 7) is 7.38. The topological polar surface area (TPSA) is 120 Å². The lowest BCUT2D eigenvalue weighted by Gasteiger charge is -2.28. The van der Waals surface area contributed by atoms with E-state index in [9.17, 15) is 15.0 Å². The number of carbonyl (C=O) groups excluding carboxylic acids is 1. The number of hydrogen-bond donors (Lipinski definition) is 4. The van der Waals surface area contributed by atoms with Crippen molar-refractivity contribution >= 4 is 5.91 Å². The van der Waals surface area contributed by atoms with E-state index < -0.39 is 12.2 Å². The van der Waals surface area contributed by atoms with E-state index in [0.717, 1.165) is 64.2 Å². The third-order valence-corrected chi connectivity index (χ3v) is 6.17. The van der Waals surface area contributed by atoms with Gasteiger partial charge in [0.25, 0.3) is 0 Å². The molecule has 8 nitrogen and oxygen atoms in total. The van der Waals surface area contributed by atoms with E-state index >= 15 is 0 Å². The van der Waals surface area contributed by atoms with Crippen molar-refractivity contribution in [2.75, 3.05) is 39.5 Å². The van der Waals surface area contributed by atoms with E-state index in [1.165, 1.54) is 4.90 Å². The highest BCUT2D eigenvalue weighted by atomic mass is 16.5. The maximum Gasteiger partial charge on any atom is 0.222 e. The number of unbranched alkanes of at least 4 members (excludes halogenated alkanes) is 6. The molecular formula is C26H53NO7. The number of aliphatic hydroxyl groups is 4. The number of hydrogen-bond acceptors (Lipinski definition) is 7. The molecule has 0 aliphatic heterocycles. The quantitative estimate of drug-likeness (QED) is 0.153. The van der Waals surface area contributed by atoms with Crippen molar-refractivity contribution < 1.29 is 34.7 Å². The largest absolute Gasteiger partial charge is 0.395 e. The number of rotatable bonds is 24. The van der Waals surface area contributed by atoms with Crippen LogP contribution in [0.2, 0.25) is 0 Å². The SMILES string of the molecule is CCCCCC(OCC)C(O)CC(O)C(CCCCCCCC(=O)N(CCO)CCO)OCC. The summed E-state index contributed by atoms with van der Waals surface area (Å²) in [6, 6.07) is 0. The van der Waals surface area contributed by atoms with Crippen LogP contribution in [0.25, 0.3) is 0 Å². The van der Waals surface area contributed by atoms with Gasteiger partial charge in [0.15, 0.2) is 0 Å². The van der Waals surface area contributed by atoms with Crippen molar-refractivity contribution in [3.63, 3.8) is 0 Å². The third-order valence-electron chi connectivity index (χ3n) is 6.17. The number of amides is 1. The third kappa shape index (κ3) is 16.0. The minimum Gasteiger partial charge on any atom is -0.395 e. The van der Waals surface area contributed by atoms with E-state index in [0.29, 0.717) is 19.6 Å². The predicted octanol–water partition coefficient (Wildman–Crippen LogP) is 3.03. The Morgan fingerprint density at radius 2 is 1.21 bits per heavy atom. The van der Waals surface area contributed by atoms with Crippen molar-refractivity contribution in [2.24, 2.45) is 0 Å². The summed E-state index contributed by atoms with van der Waals surface area (Å²) >= 11 is 0. The molecule has 0 aliphatic rings. The van der Waals surface area contributed by atoms with Crippen LogP contribution in [0.4, 0.5) is 0 Å². The van der Waals surface area contributed by atoms with Gasteiger partial charge in [-0.3, -0.25) is 4.79 Å². The van der Waals surface area contributed by atoms with Crippen LogP contribution in [0.3, 0.4) is 0 Å². The zero-order valence-corrected chi connectivity index (χ0v) is 22.0. The second kappa shape index (κ2) is 22.7. The zero-order valence-electron chi connectivity index (χ0n) is 22.0. The summed E-state index contributed by atoms with van der Waals surface area (Å²) < 4.78 is 11.5. The monoisotopic (exact) mass is 491 g/mol. The molecule has 0 spiro atoms. The predicted molar refractivity (Wildman–Crippen MR) is 135 cm³/mol. The fourth-order valence-electron chi connectivity index (χ4n) is 4.26. The van der Waals surface area contributed by atoms with Crippen molar-refractivity contribution in [1.29, 1.82) is 0 Å². The van der Waals surface area contributed by atoms with Gasteiger partial charge in [-0.2, -0.15) is 0 Å². The average molecular weight is 492 g/mol. The molecule has 0 fully saturated rings. The molecule has 0 aromatic carbocycles. The first kappa shape index (κ1) is 33.2. The first-order valence-corrected chi connectivity index (χ1v) is 13.5. The van der Waals surface area contributed by atoms with E-state index in [1.807, 2.05) is 13.8 Å². The summed E-state index contributed by atoms with van der Waals surface area (Å²) in [4.78, 5) is 13.6. The van der Waals surface area contributed by atoms with Gasteiger partial charge in [0.1, 0.15) is 0 Å². The molecule has 4 unspecified atom stereocenters. The van der Waals surface area contributed by atoms with Gasteiger partial charge in [-0.05, 0) is 33.1 Å². The molecular weight excluding hydrogens is 438 g/mol. The highest BCUT2D eigenvalue weighted by Crippen LogP contribution is 2.20. The molecule has 0 bridgehead atoms. The minimum absolute atomic E-state index is 0.0266. The van der Waals surface area contributed by atoms with Crippen LogP contribution in [-0.4, -0.2) is 95.2 Å². The lowest BCUT2D eigenvalue weighted by atomic mass is 9.96. The molecule has 0 heterocycles. The zero-order chi connectivity index (χ0) is 25.6. The van der Waals surface area contributed by atoms with E-state index in [1.54, 1.807) is 0 Å². The first-order chi connectivity index (χ1) is 16.4.